The van der Waals surface area contributed by atoms with Gasteiger partial charge in [0, 0.05) is 18.2 Å². The maximum atomic E-state index is 12.4. The standard InChI is InChI=1S/C20H26N2O4S/c1-27(25,26)17-4-2-16(3-5-17)19(24)22-21-18(23)12-20-9-13-6-14(10-20)8-15(7-13)11-20/h2-5,13-15H,6-12H2,1H3,(H,21,23)(H,22,24). The summed E-state index contributed by atoms with van der Waals surface area (Å²) in [6, 6.07) is 5.66. The number of hydrazine groups is 1. The zero-order valence-electron chi connectivity index (χ0n) is 15.5. The molecule has 0 atom stereocenters. The quantitative estimate of drug-likeness (QED) is 0.773. The summed E-state index contributed by atoms with van der Waals surface area (Å²) >= 11 is 0. The SMILES string of the molecule is CS(=O)(=O)c1ccc(C(=O)NNC(=O)CC23CC4CC(CC(C4)C2)C3)cc1. The molecule has 2 N–H and O–H groups in total. The molecule has 4 fully saturated rings. The fourth-order valence-electron chi connectivity index (χ4n) is 5.94. The summed E-state index contributed by atoms with van der Waals surface area (Å²) in [5.41, 5.74) is 5.42. The Morgan fingerprint density at radius 2 is 1.48 bits per heavy atom. The molecule has 4 saturated carbocycles. The zero-order valence-corrected chi connectivity index (χ0v) is 16.3. The molecule has 0 radical (unpaired) electrons. The number of carbonyl (C=O) groups is 2. The van der Waals surface area contributed by atoms with Crippen LogP contribution < -0.4 is 10.9 Å². The molecule has 0 unspecified atom stereocenters. The van der Waals surface area contributed by atoms with Crippen molar-refractivity contribution in [3.05, 3.63) is 29.8 Å². The van der Waals surface area contributed by atoms with Crippen LogP contribution in [0.3, 0.4) is 0 Å². The molecular formula is C20H26N2O4S. The lowest BCUT2D eigenvalue weighted by atomic mass is 9.49. The number of sulfone groups is 1. The highest BCUT2D eigenvalue weighted by atomic mass is 32.2. The van der Waals surface area contributed by atoms with E-state index in [-0.39, 0.29) is 16.2 Å². The number of amides is 2. The van der Waals surface area contributed by atoms with Gasteiger partial charge in [0.2, 0.25) is 5.91 Å². The molecular weight excluding hydrogens is 364 g/mol. The molecule has 4 aliphatic rings. The molecule has 4 aliphatic carbocycles. The third-order valence-electron chi connectivity index (χ3n) is 6.56. The second-order valence-electron chi connectivity index (χ2n) is 8.89. The van der Waals surface area contributed by atoms with Crippen LogP contribution in [-0.2, 0) is 14.6 Å². The van der Waals surface area contributed by atoms with E-state index in [2.05, 4.69) is 10.9 Å². The summed E-state index contributed by atoms with van der Waals surface area (Å²) < 4.78 is 22.9. The Labute approximate surface area is 160 Å². The van der Waals surface area contributed by atoms with Gasteiger partial charge in [-0.3, -0.25) is 20.4 Å². The van der Waals surface area contributed by atoms with Gasteiger partial charge in [-0.1, -0.05) is 0 Å². The van der Waals surface area contributed by atoms with E-state index in [9.17, 15) is 18.0 Å². The monoisotopic (exact) mass is 390 g/mol. The molecule has 0 heterocycles. The van der Waals surface area contributed by atoms with Crippen molar-refractivity contribution in [2.75, 3.05) is 6.26 Å². The van der Waals surface area contributed by atoms with Crippen molar-refractivity contribution in [3.63, 3.8) is 0 Å². The van der Waals surface area contributed by atoms with Gasteiger partial charge < -0.3 is 0 Å². The number of hydrogen-bond donors (Lipinski definition) is 2. The highest BCUT2D eigenvalue weighted by molar-refractivity contribution is 7.90. The van der Waals surface area contributed by atoms with Crippen LogP contribution in [0.25, 0.3) is 0 Å². The van der Waals surface area contributed by atoms with E-state index in [1.54, 1.807) is 0 Å². The van der Waals surface area contributed by atoms with Gasteiger partial charge in [0.25, 0.3) is 5.91 Å². The average Bonchev–Trinajstić information content (AvgIpc) is 2.57. The summed E-state index contributed by atoms with van der Waals surface area (Å²) in [7, 11) is -3.30. The Morgan fingerprint density at radius 3 is 1.96 bits per heavy atom. The fourth-order valence-corrected chi connectivity index (χ4v) is 6.57. The molecule has 146 valence electrons. The number of benzene rings is 1. The predicted molar refractivity (Wildman–Crippen MR) is 100 cm³/mol. The van der Waals surface area contributed by atoms with E-state index in [1.807, 2.05) is 0 Å². The van der Waals surface area contributed by atoms with E-state index >= 15 is 0 Å². The highest BCUT2D eigenvalue weighted by Gasteiger charge is 2.51. The first-order valence-electron chi connectivity index (χ1n) is 9.62. The third kappa shape index (κ3) is 3.88. The Bertz CT molecular complexity index is 825. The van der Waals surface area contributed by atoms with Crippen molar-refractivity contribution in [1.82, 2.24) is 10.9 Å². The molecule has 4 bridgehead atoms. The van der Waals surface area contributed by atoms with Crippen LogP contribution in [0.4, 0.5) is 0 Å². The Morgan fingerprint density at radius 1 is 0.963 bits per heavy atom. The minimum Gasteiger partial charge on any atom is -0.273 e. The largest absolute Gasteiger partial charge is 0.273 e. The Balaban J connectivity index is 1.32. The molecule has 6 nitrogen and oxygen atoms in total. The van der Waals surface area contributed by atoms with Crippen molar-refractivity contribution in [2.45, 2.75) is 49.8 Å². The average molecular weight is 391 g/mol. The summed E-state index contributed by atoms with van der Waals surface area (Å²) in [4.78, 5) is 24.8. The lowest BCUT2D eigenvalue weighted by Gasteiger charge is -2.56. The fraction of sp³-hybridized carbons (Fsp3) is 0.600. The van der Waals surface area contributed by atoms with Crippen molar-refractivity contribution in [3.8, 4) is 0 Å². The van der Waals surface area contributed by atoms with E-state index in [1.165, 1.54) is 43.5 Å². The van der Waals surface area contributed by atoms with Crippen molar-refractivity contribution >= 4 is 21.7 Å². The minimum atomic E-state index is -3.30. The second-order valence-corrected chi connectivity index (χ2v) is 10.9. The van der Waals surface area contributed by atoms with E-state index < -0.39 is 15.7 Å². The maximum absolute atomic E-state index is 12.4. The van der Waals surface area contributed by atoms with Crippen LogP contribution in [-0.4, -0.2) is 26.5 Å². The molecule has 0 saturated heterocycles. The molecule has 1 aromatic carbocycles. The van der Waals surface area contributed by atoms with Crippen LogP contribution >= 0.6 is 0 Å². The van der Waals surface area contributed by atoms with E-state index in [0.717, 1.165) is 43.3 Å². The smallest absolute Gasteiger partial charge is 0.269 e. The molecule has 0 aliphatic heterocycles. The first-order valence-corrected chi connectivity index (χ1v) is 11.5. The first-order chi connectivity index (χ1) is 12.7. The van der Waals surface area contributed by atoms with Crippen LogP contribution in [0, 0.1) is 23.2 Å². The lowest BCUT2D eigenvalue weighted by molar-refractivity contribution is -0.130. The van der Waals surface area contributed by atoms with Gasteiger partial charge in [-0.15, -0.1) is 0 Å². The van der Waals surface area contributed by atoms with Crippen molar-refractivity contribution in [1.29, 1.82) is 0 Å². The van der Waals surface area contributed by atoms with Crippen LogP contribution in [0.1, 0.15) is 55.3 Å². The second kappa shape index (κ2) is 6.62. The highest BCUT2D eigenvalue weighted by Crippen LogP contribution is 2.61. The summed E-state index contributed by atoms with van der Waals surface area (Å²) in [6.45, 7) is 0. The summed E-state index contributed by atoms with van der Waals surface area (Å²) in [5, 5.41) is 0. The number of carbonyl (C=O) groups excluding carboxylic acids is 2. The van der Waals surface area contributed by atoms with Crippen LogP contribution in [0.15, 0.2) is 29.2 Å². The van der Waals surface area contributed by atoms with Gasteiger partial charge >= 0.3 is 0 Å². The van der Waals surface area contributed by atoms with Gasteiger partial charge in [-0.2, -0.15) is 0 Å². The predicted octanol–water partition coefficient (Wildman–Crippen LogP) is 2.46. The summed E-state index contributed by atoms with van der Waals surface area (Å²) in [6.07, 6.45) is 9.04. The van der Waals surface area contributed by atoms with Gasteiger partial charge in [0.1, 0.15) is 0 Å². The van der Waals surface area contributed by atoms with Gasteiger partial charge in [-0.25, -0.2) is 8.42 Å². The molecule has 0 spiro atoms. The van der Waals surface area contributed by atoms with Gasteiger partial charge in [0.15, 0.2) is 9.84 Å². The zero-order chi connectivity index (χ0) is 19.2. The molecule has 1 aromatic rings. The van der Waals surface area contributed by atoms with E-state index in [0.29, 0.717) is 12.0 Å². The first kappa shape index (κ1) is 18.5. The normalized spacial score (nSPS) is 31.5. The Kier molecular flexibility index (Phi) is 4.53. The molecule has 2 amide bonds. The van der Waals surface area contributed by atoms with Crippen molar-refractivity contribution < 1.29 is 18.0 Å². The molecule has 0 aromatic heterocycles. The van der Waals surface area contributed by atoms with Crippen LogP contribution in [0.5, 0.6) is 0 Å². The molecule has 7 heteroatoms. The topological polar surface area (TPSA) is 92.3 Å². The van der Waals surface area contributed by atoms with E-state index in [4.69, 9.17) is 0 Å². The maximum Gasteiger partial charge on any atom is 0.269 e. The van der Waals surface area contributed by atoms with Gasteiger partial charge in [-0.05, 0) is 86.0 Å². The van der Waals surface area contributed by atoms with Gasteiger partial charge in [0.05, 0.1) is 4.90 Å². The summed E-state index contributed by atoms with van der Waals surface area (Å²) in [5.74, 6) is 1.76. The lowest BCUT2D eigenvalue weighted by Crippen LogP contribution is -2.50. The van der Waals surface area contributed by atoms with Crippen LogP contribution in [0.2, 0.25) is 0 Å². The number of nitrogens with one attached hydrogen (secondary N) is 2. The molecule has 27 heavy (non-hydrogen) atoms. The Hall–Kier alpha value is -1.89. The number of hydrogen-bond acceptors (Lipinski definition) is 4. The number of rotatable bonds is 4. The third-order valence-corrected chi connectivity index (χ3v) is 7.69. The minimum absolute atomic E-state index is 0.126. The molecule has 5 rings (SSSR count). The van der Waals surface area contributed by atoms with Crippen molar-refractivity contribution in [2.24, 2.45) is 23.2 Å².